The number of carbonyl (C=O) groups is 1. The minimum Gasteiger partial charge on any atom is -0.462 e. The number of ether oxygens (including phenoxy) is 1. The molecule has 0 aliphatic heterocycles. The molecule has 3 heterocycles. The maximum Gasteiger partial charge on any atom is 0.348 e. The second kappa shape index (κ2) is 7.44. The molecule has 3 aromatic heterocycles. The van der Waals surface area contributed by atoms with Crippen LogP contribution in [0.2, 0.25) is 0 Å². The van der Waals surface area contributed by atoms with Crippen molar-refractivity contribution in [2.45, 2.75) is 26.8 Å². The Labute approximate surface area is 168 Å². The van der Waals surface area contributed by atoms with E-state index < -0.39 is 11.8 Å². The number of fused-ring (bicyclic) bond motifs is 2. The van der Waals surface area contributed by atoms with Crippen molar-refractivity contribution in [2.24, 2.45) is 0 Å². The lowest BCUT2D eigenvalue weighted by Gasteiger charge is -2.08. The third-order valence-corrected chi connectivity index (χ3v) is 6.83. The standard InChI is InChI=1S/C20H17FN2O3S2/c1-3-11-8-12-18(27-11)22-10-23(19(12)24)9-13-16-14(21)6-5-7-15(16)28-17(13)20(25)26-4-2/h5-8,10H,3-4,9H2,1-2H3. The summed E-state index contributed by atoms with van der Waals surface area (Å²) >= 11 is 2.67. The number of aromatic nitrogens is 2. The molecule has 0 saturated carbocycles. The van der Waals surface area contributed by atoms with Crippen molar-refractivity contribution in [3.63, 3.8) is 0 Å². The van der Waals surface area contributed by atoms with Gasteiger partial charge in [0.1, 0.15) is 15.5 Å². The minimum absolute atomic E-state index is 0.0498. The predicted molar refractivity (Wildman–Crippen MR) is 110 cm³/mol. The molecule has 0 spiro atoms. The molecule has 4 aromatic rings. The second-order valence-electron chi connectivity index (χ2n) is 6.21. The Bertz CT molecular complexity index is 1260. The van der Waals surface area contributed by atoms with Crippen LogP contribution in [-0.4, -0.2) is 22.1 Å². The molecule has 0 atom stereocenters. The Hall–Kier alpha value is -2.58. The minimum atomic E-state index is -0.510. The van der Waals surface area contributed by atoms with Gasteiger partial charge in [0, 0.05) is 20.5 Å². The average molecular weight is 416 g/mol. The van der Waals surface area contributed by atoms with E-state index in [1.807, 2.05) is 13.0 Å². The van der Waals surface area contributed by atoms with E-state index >= 15 is 0 Å². The van der Waals surface area contributed by atoms with Crippen molar-refractivity contribution in [1.29, 1.82) is 0 Å². The third-order valence-electron chi connectivity index (χ3n) is 4.47. The van der Waals surface area contributed by atoms with Crippen LogP contribution in [0, 0.1) is 5.82 Å². The lowest BCUT2D eigenvalue weighted by molar-refractivity contribution is 0.0531. The smallest absolute Gasteiger partial charge is 0.348 e. The second-order valence-corrected chi connectivity index (χ2v) is 8.37. The Morgan fingerprint density at radius 1 is 1.29 bits per heavy atom. The van der Waals surface area contributed by atoms with Crippen LogP contribution in [0.15, 0.2) is 35.4 Å². The Balaban J connectivity index is 1.88. The summed E-state index contributed by atoms with van der Waals surface area (Å²) in [7, 11) is 0. The van der Waals surface area contributed by atoms with E-state index in [1.165, 1.54) is 39.6 Å². The Morgan fingerprint density at radius 2 is 2.11 bits per heavy atom. The van der Waals surface area contributed by atoms with Gasteiger partial charge in [-0.05, 0) is 31.5 Å². The molecular formula is C20H17FN2O3S2. The highest BCUT2D eigenvalue weighted by Crippen LogP contribution is 2.34. The Morgan fingerprint density at radius 3 is 2.86 bits per heavy atom. The number of hydrogen-bond donors (Lipinski definition) is 0. The maximum atomic E-state index is 14.6. The van der Waals surface area contributed by atoms with Gasteiger partial charge in [0.15, 0.2) is 0 Å². The molecule has 28 heavy (non-hydrogen) atoms. The van der Waals surface area contributed by atoms with Gasteiger partial charge in [-0.1, -0.05) is 13.0 Å². The monoisotopic (exact) mass is 416 g/mol. The molecule has 1 aromatic carbocycles. The molecule has 0 saturated heterocycles. The molecule has 0 aliphatic rings. The largest absolute Gasteiger partial charge is 0.462 e. The fourth-order valence-electron chi connectivity index (χ4n) is 3.15. The fraction of sp³-hybridized carbons (Fsp3) is 0.250. The zero-order chi connectivity index (χ0) is 19.8. The summed E-state index contributed by atoms with van der Waals surface area (Å²) in [6.45, 7) is 4.01. The van der Waals surface area contributed by atoms with Crippen LogP contribution in [0.5, 0.6) is 0 Å². The maximum absolute atomic E-state index is 14.6. The van der Waals surface area contributed by atoms with E-state index in [1.54, 1.807) is 19.1 Å². The van der Waals surface area contributed by atoms with Crippen LogP contribution >= 0.6 is 22.7 Å². The van der Waals surface area contributed by atoms with Gasteiger partial charge >= 0.3 is 5.97 Å². The first-order valence-electron chi connectivity index (χ1n) is 8.88. The number of halogens is 1. The average Bonchev–Trinajstić information content (AvgIpc) is 3.27. The molecule has 0 aliphatic carbocycles. The van der Waals surface area contributed by atoms with Gasteiger partial charge in [-0.25, -0.2) is 14.2 Å². The first-order chi connectivity index (χ1) is 13.5. The van der Waals surface area contributed by atoms with E-state index in [0.717, 1.165) is 11.3 Å². The van der Waals surface area contributed by atoms with Crippen LogP contribution in [0.3, 0.4) is 0 Å². The molecule has 0 N–H and O–H groups in total. The predicted octanol–water partition coefficient (Wildman–Crippen LogP) is 4.60. The van der Waals surface area contributed by atoms with Crippen LogP contribution in [0.4, 0.5) is 4.39 Å². The summed E-state index contributed by atoms with van der Waals surface area (Å²) < 4.78 is 21.8. The van der Waals surface area contributed by atoms with E-state index in [2.05, 4.69) is 4.98 Å². The third kappa shape index (κ3) is 3.12. The van der Waals surface area contributed by atoms with E-state index in [-0.39, 0.29) is 18.7 Å². The molecule has 8 heteroatoms. The number of carbonyl (C=O) groups excluding carboxylic acids is 1. The van der Waals surface area contributed by atoms with Crippen molar-refractivity contribution < 1.29 is 13.9 Å². The topological polar surface area (TPSA) is 61.2 Å². The Kier molecular flexibility index (Phi) is 4.99. The van der Waals surface area contributed by atoms with Crippen LogP contribution in [0.25, 0.3) is 20.3 Å². The molecule has 0 radical (unpaired) electrons. The molecule has 0 amide bonds. The highest BCUT2D eigenvalue weighted by atomic mass is 32.1. The summed E-state index contributed by atoms with van der Waals surface area (Å²) in [6.07, 6.45) is 2.29. The molecule has 0 fully saturated rings. The molecule has 4 rings (SSSR count). The van der Waals surface area contributed by atoms with E-state index in [4.69, 9.17) is 4.74 Å². The fourth-order valence-corrected chi connectivity index (χ4v) is 5.19. The van der Waals surface area contributed by atoms with Crippen molar-refractivity contribution in [2.75, 3.05) is 6.61 Å². The van der Waals surface area contributed by atoms with Gasteiger partial charge in [-0.3, -0.25) is 9.36 Å². The van der Waals surface area contributed by atoms with Crippen molar-refractivity contribution in [3.8, 4) is 0 Å². The van der Waals surface area contributed by atoms with Gasteiger partial charge in [0.25, 0.3) is 5.56 Å². The summed E-state index contributed by atoms with van der Waals surface area (Å²) in [6, 6.07) is 6.56. The van der Waals surface area contributed by atoms with E-state index in [9.17, 15) is 14.0 Å². The van der Waals surface area contributed by atoms with Gasteiger partial charge in [-0.2, -0.15) is 0 Å². The SMILES string of the molecule is CCOC(=O)c1sc2cccc(F)c2c1Cn1cnc2sc(CC)cc2c1=O. The number of esters is 1. The molecule has 144 valence electrons. The number of thiophene rings is 2. The van der Waals surface area contributed by atoms with Gasteiger partial charge in [0.2, 0.25) is 0 Å². The number of hydrogen-bond acceptors (Lipinski definition) is 6. The van der Waals surface area contributed by atoms with Crippen LogP contribution in [0.1, 0.15) is 34.0 Å². The summed E-state index contributed by atoms with van der Waals surface area (Å²) in [5, 5.41) is 0.893. The zero-order valence-corrected chi connectivity index (χ0v) is 17.0. The lowest BCUT2D eigenvalue weighted by atomic mass is 10.1. The molecular weight excluding hydrogens is 399 g/mol. The van der Waals surface area contributed by atoms with Crippen molar-refractivity contribution in [1.82, 2.24) is 9.55 Å². The highest BCUT2D eigenvalue weighted by molar-refractivity contribution is 7.21. The van der Waals surface area contributed by atoms with Crippen LogP contribution in [-0.2, 0) is 17.7 Å². The summed E-state index contributed by atoms with van der Waals surface area (Å²) in [5.41, 5.74) is 0.247. The molecule has 0 unspecified atom stereocenters. The number of nitrogens with zero attached hydrogens (tertiary/aromatic N) is 2. The first kappa shape index (κ1) is 18.8. The normalized spacial score (nSPS) is 11.4. The number of benzene rings is 1. The number of aryl methyl sites for hydroxylation is 1. The van der Waals surface area contributed by atoms with Crippen LogP contribution < -0.4 is 5.56 Å². The van der Waals surface area contributed by atoms with Gasteiger partial charge in [-0.15, -0.1) is 22.7 Å². The van der Waals surface area contributed by atoms with Gasteiger partial charge < -0.3 is 4.74 Å². The van der Waals surface area contributed by atoms with Crippen molar-refractivity contribution >= 4 is 48.9 Å². The van der Waals surface area contributed by atoms with Crippen molar-refractivity contribution in [3.05, 3.63) is 62.1 Å². The molecule has 0 bridgehead atoms. The zero-order valence-electron chi connectivity index (χ0n) is 15.3. The highest BCUT2D eigenvalue weighted by Gasteiger charge is 2.22. The van der Waals surface area contributed by atoms with Gasteiger partial charge in [0.05, 0.1) is 24.9 Å². The first-order valence-corrected chi connectivity index (χ1v) is 10.5. The van der Waals surface area contributed by atoms with E-state index in [0.29, 0.717) is 30.7 Å². The summed E-state index contributed by atoms with van der Waals surface area (Å²) in [5.74, 6) is -0.936. The lowest BCUT2D eigenvalue weighted by Crippen LogP contribution is -2.21. The quantitative estimate of drug-likeness (QED) is 0.446. The molecule has 5 nitrogen and oxygen atoms in total. The number of rotatable bonds is 5. The summed E-state index contributed by atoms with van der Waals surface area (Å²) in [4.78, 5) is 31.8.